The average molecular weight is 246 g/mol. The monoisotopic (exact) mass is 246 g/mol. The van der Waals surface area contributed by atoms with Crippen LogP contribution in [0.2, 0.25) is 0 Å². The summed E-state index contributed by atoms with van der Waals surface area (Å²) in [6.45, 7) is 5.37. The van der Waals surface area contributed by atoms with Crippen molar-refractivity contribution in [1.82, 2.24) is 10.2 Å². The largest absolute Gasteiger partial charge is 0.343 e. The van der Waals surface area contributed by atoms with Crippen LogP contribution in [0.15, 0.2) is 0 Å². The number of nitrogens with one attached hydrogen (secondary N) is 1. The van der Waals surface area contributed by atoms with Crippen LogP contribution in [0.25, 0.3) is 0 Å². The quantitative estimate of drug-likeness (QED) is 0.779. The molecule has 1 aliphatic heterocycles. The first-order valence-electron chi connectivity index (χ1n) is 5.80. The topological polar surface area (TPSA) is 49.4 Å². The number of hydrogen-bond acceptors (Lipinski definition) is 3. The predicted octanol–water partition coefficient (Wildman–Crippen LogP) is 0.354. The highest BCUT2D eigenvalue weighted by Gasteiger charge is 2.21. The highest BCUT2D eigenvalue weighted by Crippen LogP contribution is 2.11. The van der Waals surface area contributed by atoms with E-state index in [0.717, 1.165) is 25.9 Å². The van der Waals surface area contributed by atoms with Crippen molar-refractivity contribution in [3.63, 3.8) is 0 Å². The number of carbonyl (C=O) groups is 1. The minimum absolute atomic E-state index is 0.168. The molecule has 0 aromatic carbocycles. The summed E-state index contributed by atoms with van der Waals surface area (Å²) < 4.78 is 11.1. The summed E-state index contributed by atoms with van der Waals surface area (Å²) in [6.07, 6.45) is 3.73. The molecule has 1 rings (SSSR count). The van der Waals surface area contributed by atoms with Crippen molar-refractivity contribution in [3.8, 4) is 0 Å². The van der Waals surface area contributed by atoms with Crippen LogP contribution in [-0.2, 0) is 15.6 Å². The van der Waals surface area contributed by atoms with Gasteiger partial charge in [-0.2, -0.15) is 0 Å². The molecule has 1 saturated heterocycles. The van der Waals surface area contributed by atoms with Gasteiger partial charge in [-0.05, 0) is 19.8 Å². The third-order valence-corrected chi connectivity index (χ3v) is 3.91. The zero-order chi connectivity index (χ0) is 12.1. The van der Waals surface area contributed by atoms with Gasteiger partial charge in [0.15, 0.2) is 0 Å². The lowest BCUT2D eigenvalue weighted by atomic mass is 10.0. The van der Waals surface area contributed by atoms with Crippen molar-refractivity contribution in [2.75, 3.05) is 25.1 Å². The van der Waals surface area contributed by atoms with E-state index in [9.17, 15) is 9.00 Å². The third-order valence-electron chi connectivity index (χ3n) is 2.95. The fraction of sp³-hybridized carbons (Fsp3) is 0.909. The fourth-order valence-electron chi connectivity index (χ4n) is 2.16. The summed E-state index contributed by atoms with van der Waals surface area (Å²) in [4.78, 5) is 13.0. The Bertz CT molecular complexity index is 263. The van der Waals surface area contributed by atoms with E-state index in [1.54, 1.807) is 13.2 Å². The molecule has 16 heavy (non-hydrogen) atoms. The van der Waals surface area contributed by atoms with Crippen LogP contribution in [0.5, 0.6) is 0 Å². The Kier molecular flexibility index (Phi) is 5.41. The van der Waals surface area contributed by atoms with Gasteiger partial charge in [-0.1, -0.05) is 0 Å². The maximum Gasteiger partial charge on any atom is 0.219 e. The molecule has 0 aromatic rings. The third kappa shape index (κ3) is 4.61. The first-order chi connectivity index (χ1) is 7.49. The number of amides is 1. The maximum atomic E-state index is 11.1. The zero-order valence-corrected chi connectivity index (χ0v) is 11.2. The molecule has 5 heteroatoms. The first kappa shape index (κ1) is 13.6. The number of rotatable bonds is 4. The second-order valence-corrected chi connectivity index (χ2v) is 6.07. The van der Waals surface area contributed by atoms with Crippen molar-refractivity contribution >= 4 is 16.7 Å². The number of hydrogen-bond donors (Lipinski definition) is 1. The first-order valence-corrected chi connectivity index (χ1v) is 7.53. The molecular weight excluding hydrogens is 224 g/mol. The van der Waals surface area contributed by atoms with Gasteiger partial charge in [-0.3, -0.25) is 9.00 Å². The molecule has 0 bridgehead atoms. The van der Waals surface area contributed by atoms with Gasteiger partial charge in [-0.25, -0.2) is 0 Å². The van der Waals surface area contributed by atoms with Gasteiger partial charge in [-0.15, -0.1) is 0 Å². The summed E-state index contributed by atoms with van der Waals surface area (Å²) >= 11 is 0. The van der Waals surface area contributed by atoms with E-state index in [0.29, 0.717) is 17.8 Å². The highest BCUT2D eigenvalue weighted by molar-refractivity contribution is 7.84. The molecule has 1 aliphatic rings. The Hall–Kier alpha value is -0.420. The molecule has 1 N–H and O–H groups in total. The minimum Gasteiger partial charge on any atom is -0.343 e. The SMILES string of the molecule is CC(=O)N1CCC(NC(C)CS(C)=O)CC1. The second-order valence-electron chi connectivity index (χ2n) is 4.59. The van der Waals surface area contributed by atoms with E-state index in [1.807, 2.05) is 4.90 Å². The smallest absolute Gasteiger partial charge is 0.219 e. The second kappa shape index (κ2) is 6.35. The van der Waals surface area contributed by atoms with Gasteiger partial charge >= 0.3 is 0 Å². The molecule has 1 fully saturated rings. The number of piperidine rings is 1. The molecule has 0 aliphatic carbocycles. The molecule has 0 aromatic heterocycles. The van der Waals surface area contributed by atoms with Crippen LogP contribution in [0, 0.1) is 0 Å². The van der Waals surface area contributed by atoms with Crippen molar-refractivity contribution < 1.29 is 9.00 Å². The number of likely N-dealkylation sites (tertiary alicyclic amines) is 1. The van der Waals surface area contributed by atoms with Gasteiger partial charge in [0, 0.05) is 54.9 Å². The maximum absolute atomic E-state index is 11.1. The molecule has 2 unspecified atom stereocenters. The van der Waals surface area contributed by atoms with Crippen LogP contribution < -0.4 is 5.32 Å². The molecule has 1 heterocycles. The Morgan fingerprint density at radius 2 is 2.06 bits per heavy atom. The van der Waals surface area contributed by atoms with E-state index >= 15 is 0 Å². The lowest BCUT2D eigenvalue weighted by Gasteiger charge is -2.33. The normalized spacial score (nSPS) is 21.8. The molecule has 0 radical (unpaired) electrons. The van der Waals surface area contributed by atoms with Gasteiger partial charge in [0.25, 0.3) is 0 Å². The molecular formula is C11H22N2O2S. The van der Waals surface area contributed by atoms with Crippen LogP contribution in [0.3, 0.4) is 0 Å². The average Bonchev–Trinajstić information content (AvgIpc) is 2.16. The number of nitrogens with zero attached hydrogens (tertiary/aromatic N) is 1. The van der Waals surface area contributed by atoms with Gasteiger partial charge in [0.1, 0.15) is 0 Å². The van der Waals surface area contributed by atoms with Crippen LogP contribution in [0.1, 0.15) is 26.7 Å². The van der Waals surface area contributed by atoms with Crippen molar-refractivity contribution in [3.05, 3.63) is 0 Å². The lowest BCUT2D eigenvalue weighted by Crippen LogP contribution is -2.47. The summed E-state index contributed by atoms with van der Waals surface area (Å²) in [5.41, 5.74) is 0. The summed E-state index contributed by atoms with van der Waals surface area (Å²) in [6, 6.07) is 0.758. The van der Waals surface area contributed by atoms with Crippen molar-refractivity contribution in [1.29, 1.82) is 0 Å². The minimum atomic E-state index is -0.741. The lowest BCUT2D eigenvalue weighted by molar-refractivity contribution is -0.129. The Morgan fingerprint density at radius 3 is 2.50 bits per heavy atom. The Balaban J connectivity index is 2.26. The number of carbonyl (C=O) groups excluding carboxylic acids is 1. The van der Waals surface area contributed by atoms with E-state index < -0.39 is 10.8 Å². The fourth-order valence-corrected chi connectivity index (χ4v) is 2.96. The summed E-state index contributed by atoms with van der Waals surface area (Å²) in [5, 5.41) is 3.48. The zero-order valence-electron chi connectivity index (χ0n) is 10.4. The van der Waals surface area contributed by atoms with E-state index in [-0.39, 0.29) is 5.91 Å². The molecule has 2 atom stereocenters. The van der Waals surface area contributed by atoms with Crippen LogP contribution in [0.4, 0.5) is 0 Å². The van der Waals surface area contributed by atoms with Crippen LogP contribution in [-0.4, -0.2) is 52.2 Å². The van der Waals surface area contributed by atoms with Crippen molar-refractivity contribution in [2.24, 2.45) is 0 Å². The molecule has 1 amide bonds. The van der Waals surface area contributed by atoms with Crippen molar-refractivity contribution in [2.45, 2.75) is 38.8 Å². The molecule has 0 spiro atoms. The van der Waals surface area contributed by atoms with E-state index in [2.05, 4.69) is 12.2 Å². The van der Waals surface area contributed by atoms with Crippen LogP contribution >= 0.6 is 0 Å². The highest BCUT2D eigenvalue weighted by atomic mass is 32.2. The van der Waals surface area contributed by atoms with E-state index in [1.165, 1.54) is 0 Å². The van der Waals surface area contributed by atoms with Gasteiger partial charge < -0.3 is 10.2 Å². The molecule has 4 nitrogen and oxygen atoms in total. The van der Waals surface area contributed by atoms with Gasteiger partial charge in [0.05, 0.1) is 0 Å². The Morgan fingerprint density at radius 1 is 1.50 bits per heavy atom. The standard InChI is InChI=1S/C11H22N2O2S/c1-9(8-16(3)15)12-11-4-6-13(7-5-11)10(2)14/h9,11-12H,4-8H2,1-3H3. The van der Waals surface area contributed by atoms with E-state index in [4.69, 9.17) is 0 Å². The van der Waals surface area contributed by atoms with Gasteiger partial charge in [0.2, 0.25) is 5.91 Å². The molecule has 94 valence electrons. The predicted molar refractivity (Wildman–Crippen MR) is 66.8 cm³/mol. The summed E-state index contributed by atoms with van der Waals surface area (Å²) in [5.74, 6) is 0.869. The summed E-state index contributed by atoms with van der Waals surface area (Å²) in [7, 11) is -0.741. The Labute approximate surface area is 100 Å². The molecule has 0 saturated carbocycles.